The molecule has 3 aliphatic rings. The summed E-state index contributed by atoms with van der Waals surface area (Å²) in [7, 11) is 0.277. The zero-order valence-electron chi connectivity index (χ0n) is 24.7. The number of allylic oxidation sites excluding steroid dienone is 4. The molecule has 1 heterocycles. The Morgan fingerprint density at radius 1 is 0.784 bits per heavy atom. The number of unbranched alkanes of at least 4 members (excludes halogenated alkanes) is 10. The van der Waals surface area contributed by atoms with Gasteiger partial charge in [-0.3, -0.25) is 0 Å². The van der Waals surface area contributed by atoms with Crippen LogP contribution in [0.25, 0.3) is 0 Å². The van der Waals surface area contributed by atoms with Crippen LogP contribution in [0, 0.1) is 11.8 Å². The molecular formula is C35H56P2. The van der Waals surface area contributed by atoms with Gasteiger partial charge in [-0.2, -0.15) is 0 Å². The third-order valence-electron chi connectivity index (χ3n) is 9.80. The summed E-state index contributed by atoms with van der Waals surface area (Å²) >= 11 is 0. The molecule has 1 aromatic carbocycles. The van der Waals surface area contributed by atoms with Gasteiger partial charge in [-0.1, -0.05) is 156 Å². The summed E-state index contributed by atoms with van der Waals surface area (Å²) in [5.74, 6) is 2.36. The normalized spacial score (nSPS) is 30.1. The second kappa shape index (κ2) is 14.8. The van der Waals surface area contributed by atoms with Crippen molar-refractivity contribution < 1.29 is 0 Å². The third-order valence-corrected chi connectivity index (χ3v) is 19.5. The van der Waals surface area contributed by atoms with Crippen LogP contribution >= 0.6 is 15.2 Å². The Labute approximate surface area is 233 Å². The molecule has 1 aliphatic heterocycles. The summed E-state index contributed by atoms with van der Waals surface area (Å²) in [4.78, 5) is 0. The van der Waals surface area contributed by atoms with Crippen molar-refractivity contribution in [1.29, 1.82) is 0 Å². The van der Waals surface area contributed by atoms with Crippen molar-refractivity contribution >= 4 is 15.2 Å². The highest BCUT2D eigenvalue weighted by atomic mass is 32.1. The van der Waals surface area contributed by atoms with Gasteiger partial charge >= 0.3 is 0 Å². The Bertz CT molecular complexity index is 885. The number of hydrogen-bond donors (Lipinski definition) is 0. The van der Waals surface area contributed by atoms with E-state index in [-0.39, 0.29) is 15.2 Å². The largest absolute Gasteiger partial charge is 0.0801 e. The molecule has 1 aromatic rings. The first-order valence-electron chi connectivity index (χ1n) is 16.2. The van der Waals surface area contributed by atoms with Crippen molar-refractivity contribution in [3.05, 3.63) is 58.9 Å². The second-order valence-electron chi connectivity index (χ2n) is 12.2. The fourth-order valence-corrected chi connectivity index (χ4v) is 19.6. The maximum Gasteiger partial charge on any atom is 0.0298 e. The highest BCUT2D eigenvalue weighted by Gasteiger charge is 2.67. The average molecular weight is 539 g/mol. The van der Waals surface area contributed by atoms with E-state index in [1.807, 2.05) is 5.31 Å². The van der Waals surface area contributed by atoms with E-state index < -0.39 is 0 Å². The van der Waals surface area contributed by atoms with Gasteiger partial charge in [-0.25, -0.2) is 0 Å². The molecule has 206 valence electrons. The molecule has 0 bridgehead atoms. The van der Waals surface area contributed by atoms with Crippen molar-refractivity contribution in [3.8, 4) is 0 Å². The molecule has 0 amide bonds. The monoisotopic (exact) mass is 538 g/mol. The molecule has 4 rings (SSSR count). The van der Waals surface area contributed by atoms with Crippen molar-refractivity contribution in [2.75, 3.05) is 12.3 Å². The van der Waals surface area contributed by atoms with Crippen LogP contribution in [0.2, 0.25) is 0 Å². The van der Waals surface area contributed by atoms with Gasteiger partial charge in [0.25, 0.3) is 0 Å². The molecule has 1 spiro atoms. The van der Waals surface area contributed by atoms with Crippen LogP contribution in [0.3, 0.4) is 0 Å². The highest BCUT2D eigenvalue weighted by Crippen LogP contribution is 2.97. The summed E-state index contributed by atoms with van der Waals surface area (Å²) < 4.78 is 0. The number of rotatable bonds is 17. The topological polar surface area (TPSA) is 0 Å². The van der Waals surface area contributed by atoms with Crippen LogP contribution in [-0.2, 0) is 6.42 Å². The predicted molar refractivity (Wildman–Crippen MR) is 171 cm³/mol. The zero-order chi connectivity index (χ0) is 26.1. The van der Waals surface area contributed by atoms with E-state index in [0.29, 0.717) is 5.16 Å². The van der Waals surface area contributed by atoms with Crippen molar-refractivity contribution in [2.24, 2.45) is 11.8 Å². The molecule has 6 unspecified atom stereocenters. The molecule has 1 saturated carbocycles. The minimum Gasteiger partial charge on any atom is -0.0801 e. The maximum atomic E-state index is 2.69. The Hall–Kier alpha value is -0.440. The van der Waals surface area contributed by atoms with E-state index in [9.17, 15) is 0 Å². The van der Waals surface area contributed by atoms with Crippen LogP contribution in [0.5, 0.6) is 0 Å². The van der Waals surface area contributed by atoms with E-state index in [2.05, 4.69) is 70.2 Å². The average Bonchev–Trinajstić information content (AvgIpc) is 3.22. The summed E-state index contributed by atoms with van der Waals surface area (Å²) in [6.07, 6.45) is 32.2. The SMILES string of the molecule is CCCCCCCCCCP1C2=CC=CC3CC(c4ccccc4CCC)C(C)C23P1CCCCCC. The first-order chi connectivity index (χ1) is 18.2. The fraction of sp³-hybridized carbons (Fsp3) is 0.714. The van der Waals surface area contributed by atoms with Gasteiger partial charge in [-0.05, 0) is 72.2 Å². The fourth-order valence-electron chi connectivity index (χ4n) is 7.92. The lowest BCUT2D eigenvalue weighted by Crippen LogP contribution is -2.46. The van der Waals surface area contributed by atoms with Gasteiger partial charge < -0.3 is 0 Å². The maximum absolute atomic E-state index is 2.69. The Morgan fingerprint density at radius 3 is 2.16 bits per heavy atom. The number of benzene rings is 1. The second-order valence-corrected chi connectivity index (χ2v) is 18.8. The first kappa shape index (κ1) is 29.5. The molecule has 6 atom stereocenters. The summed E-state index contributed by atoms with van der Waals surface area (Å²) in [6.45, 7) is 9.72. The standard InChI is InChI=1S/C35H56P2/c1-5-8-10-12-13-14-15-18-26-36-34-25-20-23-31-28-33(32-24-17-16-22-30(32)21-7-3)29(4)35(31,34)37(36)27-19-11-9-6-2/h16-17,20,22-25,29,31,33H,5-15,18-19,21,26-28H2,1-4H3. The van der Waals surface area contributed by atoms with E-state index >= 15 is 0 Å². The smallest absolute Gasteiger partial charge is 0.0298 e. The van der Waals surface area contributed by atoms with Gasteiger partial charge in [0.15, 0.2) is 0 Å². The lowest BCUT2D eigenvalue weighted by molar-refractivity contribution is 0.451. The molecule has 1 saturated heterocycles. The van der Waals surface area contributed by atoms with Gasteiger partial charge in [0, 0.05) is 5.16 Å². The highest BCUT2D eigenvalue weighted by molar-refractivity contribution is 8.36. The van der Waals surface area contributed by atoms with E-state index in [4.69, 9.17) is 0 Å². The van der Waals surface area contributed by atoms with E-state index in [1.165, 1.54) is 96.3 Å². The Kier molecular flexibility index (Phi) is 11.8. The Morgan fingerprint density at radius 2 is 1.43 bits per heavy atom. The molecule has 2 heteroatoms. The van der Waals surface area contributed by atoms with Crippen LogP contribution in [0.4, 0.5) is 0 Å². The zero-order valence-corrected chi connectivity index (χ0v) is 26.5. The number of hydrogen-bond acceptors (Lipinski definition) is 0. The summed E-state index contributed by atoms with van der Waals surface area (Å²) in [6, 6.07) is 9.52. The quantitative estimate of drug-likeness (QED) is 0.137. The molecule has 0 aromatic heterocycles. The van der Waals surface area contributed by atoms with Crippen molar-refractivity contribution in [2.45, 2.75) is 135 Å². The molecule has 0 N–H and O–H groups in total. The van der Waals surface area contributed by atoms with Crippen molar-refractivity contribution in [1.82, 2.24) is 0 Å². The van der Waals surface area contributed by atoms with Crippen molar-refractivity contribution in [3.63, 3.8) is 0 Å². The lowest BCUT2D eigenvalue weighted by Gasteiger charge is -2.63. The molecule has 0 radical (unpaired) electrons. The van der Waals surface area contributed by atoms with Gasteiger partial charge in [0.1, 0.15) is 0 Å². The van der Waals surface area contributed by atoms with Crippen LogP contribution in [-0.4, -0.2) is 17.5 Å². The van der Waals surface area contributed by atoms with E-state index in [1.54, 1.807) is 23.5 Å². The third kappa shape index (κ3) is 6.33. The molecule has 0 nitrogen and oxygen atoms in total. The van der Waals surface area contributed by atoms with Crippen LogP contribution < -0.4 is 0 Å². The number of aryl methyl sites for hydroxylation is 1. The van der Waals surface area contributed by atoms with Crippen LogP contribution in [0.1, 0.15) is 135 Å². The Balaban J connectivity index is 1.48. The lowest BCUT2D eigenvalue weighted by atomic mass is 9.81. The predicted octanol–water partition coefficient (Wildman–Crippen LogP) is 12.2. The van der Waals surface area contributed by atoms with Gasteiger partial charge in [-0.15, -0.1) is 0 Å². The molecule has 2 aliphatic carbocycles. The van der Waals surface area contributed by atoms with Crippen LogP contribution in [0.15, 0.2) is 47.8 Å². The summed E-state index contributed by atoms with van der Waals surface area (Å²) in [5.41, 5.74) is 3.34. The van der Waals surface area contributed by atoms with Gasteiger partial charge in [0.05, 0.1) is 0 Å². The van der Waals surface area contributed by atoms with E-state index in [0.717, 1.165) is 17.8 Å². The molecule has 2 fully saturated rings. The summed E-state index contributed by atoms with van der Waals surface area (Å²) in [5, 5.41) is 2.52. The molecular weight excluding hydrogens is 482 g/mol. The molecule has 37 heavy (non-hydrogen) atoms. The first-order valence-corrected chi connectivity index (χ1v) is 20.0. The minimum absolute atomic E-state index is 0.135. The van der Waals surface area contributed by atoms with Gasteiger partial charge in [0.2, 0.25) is 0 Å². The minimum atomic E-state index is 0.135.